The van der Waals surface area contributed by atoms with E-state index < -0.39 is 11.8 Å². The first-order valence-electron chi connectivity index (χ1n) is 6.16. The summed E-state index contributed by atoms with van der Waals surface area (Å²) in [7, 11) is 1.87. The molecule has 106 valence electrons. The molecule has 0 saturated heterocycles. The Morgan fingerprint density at radius 3 is 2.65 bits per heavy atom. The number of nitrogens with zero attached hydrogens (tertiary/aromatic N) is 2. The molecule has 20 heavy (non-hydrogen) atoms. The van der Waals surface area contributed by atoms with Gasteiger partial charge < -0.3 is 10.4 Å². The molecule has 1 heterocycles. The number of benzene rings is 1. The summed E-state index contributed by atoms with van der Waals surface area (Å²) in [5.74, 6) is -2.02. The summed E-state index contributed by atoms with van der Waals surface area (Å²) in [6, 6.07) is 3.99. The fourth-order valence-corrected chi connectivity index (χ4v) is 2.06. The van der Waals surface area contributed by atoms with Crippen molar-refractivity contribution in [1.29, 1.82) is 0 Å². The largest absolute Gasteiger partial charge is 0.478 e. The Kier molecular flexibility index (Phi) is 3.74. The average molecular weight is 277 g/mol. The van der Waals surface area contributed by atoms with Crippen molar-refractivity contribution in [3.8, 4) is 0 Å². The molecule has 0 aliphatic rings. The van der Waals surface area contributed by atoms with Crippen LogP contribution in [0.5, 0.6) is 0 Å². The number of nitrogens with one attached hydrogen (secondary N) is 1. The first-order valence-corrected chi connectivity index (χ1v) is 6.16. The predicted octanol–water partition coefficient (Wildman–Crippen LogP) is 2.49. The maximum Gasteiger partial charge on any atom is 0.338 e. The third-order valence-electron chi connectivity index (χ3n) is 3.33. The molecule has 5 nitrogen and oxygen atoms in total. The number of anilines is 1. The molecule has 2 rings (SSSR count). The minimum atomic E-state index is -1.27. The maximum absolute atomic E-state index is 13.6. The summed E-state index contributed by atoms with van der Waals surface area (Å²) >= 11 is 0. The van der Waals surface area contributed by atoms with Crippen LogP contribution >= 0.6 is 0 Å². The number of halogens is 1. The lowest BCUT2D eigenvalue weighted by atomic mass is 10.1. The van der Waals surface area contributed by atoms with Crippen LogP contribution < -0.4 is 5.32 Å². The number of carbonyl (C=O) groups is 1. The Balaban J connectivity index is 2.15. The van der Waals surface area contributed by atoms with E-state index >= 15 is 0 Å². The number of hydrogen-bond donors (Lipinski definition) is 2. The molecule has 0 unspecified atom stereocenters. The number of rotatable bonds is 4. The number of hydrogen-bond acceptors (Lipinski definition) is 3. The van der Waals surface area contributed by atoms with Crippen molar-refractivity contribution in [3.63, 3.8) is 0 Å². The van der Waals surface area contributed by atoms with Crippen LogP contribution in [0.1, 0.15) is 27.3 Å². The molecule has 1 aromatic heterocycles. The zero-order valence-corrected chi connectivity index (χ0v) is 11.6. The van der Waals surface area contributed by atoms with E-state index in [1.54, 1.807) is 10.7 Å². The number of carboxylic acid groups (broad SMARTS) is 1. The van der Waals surface area contributed by atoms with Crippen LogP contribution in [0.2, 0.25) is 0 Å². The van der Waals surface area contributed by atoms with Gasteiger partial charge in [-0.2, -0.15) is 5.10 Å². The summed E-state index contributed by atoms with van der Waals surface area (Å²) in [5.41, 5.74) is 3.22. The second kappa shape index (κ2) is 5.32. The van der Waals surface area contributed by atoms with E-state index in [1.807, 2.05) is 20.9 Å². The number of aromatic carboxylic acids is 1. The maximum atomic E-state index is 13.6. The van der Waals surface area contributed by atoms with E-state index in [-0.39, 0.29) is 5.56 Å². The first-order chi connectivity index (χ1) is 9.40. The van der Waals surface area contributed by atoms with Gasteiger partial charge in [0.25, 0.3) is 0 Å². The van der Waals surface area contributed by atoms with Crippen LogP contribution in [0.3, 0.4) is 0 Å². The fourth-order valence-electron chi connectivity index (χ4n) is 2.06. The van der Waals surface area contributed by atoms with Crippen molar-refractivity contribution in [2.75, 3.05) is 5.32 Å². The molecule has 0 radical (unpaired) electrons. The van der Waals surface area contributed by atoms with Crippen LogP contribution in [0.15, 0.2) is 18.2 Å². The molecule has 0 saturated carbocycles. The van der Waals surface area contributed by atoms with Crippen molar-refractivity contribution < 1.29 is 14.3 Å². The van der Waals surface area contributed by atoms with Crippen LogP contribution in [-0.4, -0.2) is 20.9 Å². The van der Waals surface area contributed by atoms with Crippen molar-refractivity contribution in [3.05, 3.63) is 46.5 Å². The zero-order valence-electron chi connectivity index (χ0n) is 11.6. The van der Waals surface area contributed by atoms with Gasteiger partial charge in [0.05, 0.1) is 11.3 Å². The van der Waals surface area contributed by atoms with Gasteiger partial charge in [-0.1, -0.05) is 0 Å². The van der Waals surface area contributed by atoms with Crippen molar-refractivity contribution in [1.82, 2.24) is 9.78 Å². The fraction of sp³-hybridized carbons (Fsp3) is 0.286. The molecule has 1 aromatic carbocycles. The normalized spacial score (nSPS) is 10.6. The first kappa shape index (κ1) is 14.0. The molecular weight excluding hydrogens is 261 g/mol. The van der Waals surface area contributed by atoms with Gasteiger partial charge in [0.15, 0.2) is 0 Å². The molecule has 0 bridgehead atoms. The number of aryl methyl sites for hydroxylation is 2. The summed E-state index contributed by atoms with van der Waals surface area (Å²) in [5, 5.41) is 16.1. The SMILES string of the molecule is Cc1nn(C)c(C)c1CNc1ccc(C(=O)O)c(F)c1. The van der Waals surface area contributed by atoms with E-state index in [0.29, 0.717) is 12.2 Å². The molecule has 0 spiro atoms. The molecule has 0 fully saturated rings. The zero-order chi connectivity index (χ0) is 14.9. The molecule has 2 N–H and O–H groups in total. The molecule has 6 heteroatoms. The van der Waals surface area contributed by atoms with Gasteiger partial charge in [0.2, 0.25) is 0 Å². The minimum Gasteiger partial charge on any atom is -0.478 e. The summed E-state index contributed by atoms with van der Waals surface area (Å²) < 4.78 is 15.3. The lowest BCUT2D eigenvalue weighted by Gasteiger charge is -2.08. The van der Waals surface area contributed by atoms with Crippen LogP contribution in [0, 0.1) is 19.7 Å². The van der Waals surface area contributed by atoms with E-state index in [0.717, 1.165) is 17.0 Å². The molecule has 0 amide bonds. The van der Waals surface area contributed by atoms with Gasteiger partial charge >= 0.3 is 5.97 Å². The topological polar surface area (TPSA) is 67.2 Å². The Hall–Kier alpha value is -2.37. The smallest absolute Gasteiger partial charge is 0.338 e. The second-order valence-corrected chi connectivity index (χ2v) is 4.63. The second-order valence-electron chi connectivity index (χ2n) is 4.63. The Labute approximate surface area is 116 Å². The third-order valence-corrected chi connectivity index (χ3v) is 3.33. The summed E-state index contributed by atoms with van der Waals surface area (Å²) in [4.78, 5) is 10.7. The van der Waals surface area contributed by atoms with Crippen molar-refractivity contribution >= 4 is 11.7 Å². The van der Waals surface area contributed by atoms with Gasteiger partial charge in [-0.05, 0) is 32.0 Å². The van der Waals surface area contributed by atoms with E-state index in [4.69, 9.17) is 5.11 Å². The Bertz CT molecular complexity index is 665. The molecule has 2 aromatic rings. The van der Waals surface area contributed by atoms with E-state index in [1.165, 1.54) is 12.1 Å². The quantitative estimate of drug-likeness (QED) is 0.901. The lowest BCUT2D eigenvalue weighted by molar-refractivity contribution is 0.0692. The highest BCUT2D eigenvalue weighted by Gasteiger charge is 2.12. The van der Waals surface area contributed by atoms with Crippen molar-refractivity contribution in [2.45, 2.75) is 20.4 Å². The predicted molar refractivity (Wildman–Crippen MR) is 73.4 cm³/mol. The van der Waals surface area contributed by atoms with Gasteiger partial charge in [-0.15, -0.1) is 0 Å². The molecule has 0 aliphatic heterocycles. The van der Waals surface area contributed by atoms with Crippen LogP contribution in [-0.2, 0) is 13.6 Å². The monoisotopic (exact) mass is 277 g/mol. The highest BCUT2D eigenvalue weighted by Crippen LogP contribution is 2.18. The third kappa shape index (κ3) is 2.64. The number of carboxylic acids is 1. The Morgan fingerprint density at radius 1 is 1.45 bits per heavy atom. The highest BCUT2D eigenvalue weighted by atomic mass is 19.1. The molecule has 0 atom stereocenters. The van der Waals surface area contributed by atoms with Gasteiger partial charge in [-0.3, -0.25) is 4.68 Å². The van der Waals surface area contributed by atoms with E-state index in [2.05, 4.69) is 10.4 Å². The van der Waals surface area contributed by atoms with Crippen LogP contribution in [0.25, 0.3) is 0 Å². The van der Waals surface area contributed by atoms with Gasteiger partial charge in [0.1, 0.15) is 5.82 Å². The summed E-state index contributed by atoms with van der Waals surface area (Å²) in [6.45, 7) is 4.39. The van der Waals surface area contributed by atoms with Crippen molar-refractivity contribution in [2.24, 2.45) is 7.05 Å². The molecular formula is C14H16FN3O2. The highest BCUT2D eigenvalue weighted by molar-refractivity contribution is 5.88. The average Bonchev–Trinajstić information content (AvgIpc) is 2.61. The van der Waals surface area contributed by atoms with Crippen LogP contribution in [0.4, 0.5) is 10.1 Å². The molecule has 0 aliphatic carbocycles. The van der Waals surface area contributed by atoms with Gasteiger partial charge in [-0.25, -0.2) is 9.18 Å². The lowest BCUT2D eigenvalue weighted by Crippen LogP contribution is -2.05. The standard InChI is InChI=1S/C14H16FN3O2/c1-8-12(9(2)18(3)17-8)7-16-10-4-5-11(14(19)20)13(15)6-10/h4-6,16H,7H2,1-3H3,(H,19,20). The Morgan fingerprint density at radius 2 is 2.15 bits per heavy atom. The minimum absolute atomic E-state index is 0.329. The summed E-state index contributed by atoms with van der Waals surface area (Å²) in [6.07, 6.45) is 0. The van der Waals surface area contributed by atoms with E-state index in [9.17, 15) is 9.18 Å². The number of aromatic nitrogens is 2. The van der Waals surface area contributed by atoms with Gasteiger partial charge in [0, 0.05) is 30.5 Å².